The van der Waals surface area contributed by atoms with Crippen molar-refractivity contribution in [2.45, 2.75) is 9.79 Å². The average molecular weight is 426 g/mol. The molecule has 0 aliphatic carbocycles. The zero-order valence-corrected chi connectivity index (χ0v) is 17.4. The second-order valence-electron chi connectivity index (χ2n) is 6.17. The fraction of sp³-hybridized carbons (Fsp3) is 0.222. The third-order valence-corrected chi connectivity index (χ3v) is 6.51. The van der Waals surface area contributed by atoms with E-state index in [1.807, 2.05) is 0 Å². The normalized spacial score (nSPS) is 11.4. The molecule has 0 saturated heterocycles. The zero-order valence-electron chi connectivity index (χ0n) is 15.8. The Morgan fingerprint density at radius 2 is 1.61 bits per heavy atom. The van der Waals surface area contributed by atoms with Crippen molar-refractivity contribution in [3.8, 4) is 0 Å². The Morgan fingerprint density at radius 1 is 1.00 bits per heavy atom. The summed E-state index contributed by atoms with van der Waals surface area (Å²) >= 11 is 1.05. The molecule has 2 amide bonds. The van der Waals surface area contributed by atoms with Crippen LogP contribution in [-0.4, -0.2) is 57.0 Å². The summed E-state index contributed by atoms with van der Waals surface area (Å²) in [6.07, 6.45) is 0. The number of thioether (sulfide) groups is 1. The van der Waals surface area contributed by atoms with Gasteiger partial charge in [0.05, 0.1) is 0 Å². The molecule has 0 fully saturated rings. The Hall–Kier alpha value is -2.43. The number of hydrogen-bond acceptors (Lipinski definition) is 5. The highest BCUT2D eigenvalue weighted by atomic mass is 32.2. The van der Waals surface area contributed by atoms with E-state index < -0.39 is 26.6 Å². The number of hydrogen-bond donors (Lipinski definition) is 1. The number of nitrogens with one attached hydrogen (secondary N) is 1. The van der Waals surface area contributed by atoms with Crippen LogP contribution in [0.25, 0.3) is 0 Å². The minimum Gasteiger partial charge on any atom is -0.339 e. The molecule has 0 aliphatic heterocycles. The molecular formula is C18H20FN3O4S2. The van der Waals surface area contributed by atoms with Gasteiger partial charge in [-0.25, -0.2) is 17.1 Å². The van der Waals surface area contributed by atoms with E-state index in [2.05, 4.69) is 5.32 Å². The van der Waals surface area contributed by atoms with Crippen molar-refractivity contribution in [2.24, 2.45) is 0 Å². The van der Waals surface area contributed by atoms with E-state index in [-0.39, 0.29) is 10.8 Å². The van der Waals surface area contributed by atoms with E-state index in [1.54, 1.807) is 38.4 Å². The SMILES string of the molecule is CN(C)C(=O)Sc1ccc(NC(=O)c2ccc(F)c(S(=O)(=O)N(C)C)c2)cc1. The predicted octanol–water partition coefficient (Wildman–Crippen LogP) is 3.10. The summed E-state index contributed by atoms with van der Waals surface area (Å²) in [7, 11) is 1.84. The lowest BCUT2D eigenvalue weighted by Gasteiger charge is -2.13. The summed E-state index contributed by atoms with van der Waals surface area (Å²) in [6.45, 7) is 0. The van der Waals surface area contributed by atoms with Crippen molar-refractivity contribution < 1.29 is 22.4 Å². The largest absolute Gasteiger partial charge is 0.339 e. The van der Waals surface area contributed by atoms with Crippen LogP contribution in [0.3, 0.4) is 0 Å². The Bertz CT molecular complexity index is 990. The van der Waals surface area contributed by atoms with E-state index in [4.69, 9.17) is 0 Å². The molecule has 0 spiro atoms. The molecule has 2 rings (SSSR count). The summed E-state index contributed by atoms with van der Waals surface area (Å²) in [5.41, 5.74) is 0.455. The number of anilines is 1. The highest BCUT2D eigenvalue weighted by molar-refractivity contribution is 8.13. The first-order valence-corrected chi connectivity index (χ1v) is 10.3. The molecule has 0 saturated carbocycles. The summed E-state index contributed by atoms with van der Waals surface area (Å²) in [5.74, 6) is -1.52. The third-order valence-electron chi connectivity index (χ3n) is 3.63. The second kappa shape index (κ2) is 8.72. The Morgan fingerprint density at radius 3 is 2.14 bits per heavy atom. The smallest absolute Gasteiger partial charge is 0.285 e. The zero-order chi connectivity index (χ0) is 21.1. The van der Waals surface area contributed by atoms with Gasteiger partial charge in [0.2, 0.25) is 10.0 Å². The average Bonchev–Trinajstić information content (AvgIpc) is 2.63. The minimum absolute atomic E-state index is 0.00284. The molecule has 1 N–H and O–H groups in total. The van der Waals surface area contributed by atoms with Crippen LogP contribution in [0.5, 0.6) is 0 Å². The molecule has 0 radical (unpaired) electrons. The molecule has 28 heavy (non-hydrogen) atoms. The summed E-state index contributed by atoms with van der Waals surface area (Å²) < 4.78 is 39.2. The molecular weight excluding hydrogens is 405 g/mol. The number of benzene rings is 2. The molecule has 10 heteroatoms. The van der Waals surface area contributed by atoms with Crippen molar-refractivity contribution in [3.05, 3.63) is 53.8 Å². The molecule has 0 aliphatic rings. The lowest BCUT2D eigenvalue weighted by atomic mass is 10.2. The fourth-order valence-corrected chi connectivity index (χ4v) is 3.68. The van der Waals surface area contributed by atoms with Gasteiger partial charge in [-0.3, -0.25) is 9.59 Å². The summed E-state index contributed by atoms with van der Waals surface area (Å²) in [6, 6.07) is 9.73. The van der Waals surface area contributed by atoms with Gasteiger partial charge in [0, 0.05) is 44.3 Å². The van der Waals surface area contributed by atoms with Gasteiger partial charge in [-0.05, 0) is 54.2 Å². The Labute approximate surface area is 167 Å². The van der Waals surface area contributed by atoms with E-state index in [1.165, 1.54) is 25.1 Å². The molecule has 0 aromatic heterocycles. The van der Waals surface area contributed by atoms with Crippen LogP contribution in [-0.2, 0) is 10.0 Å². The van der Waals surface area contributed by atoms with Gasteiger partial charge < -0.3 is 10.2 Å². The molecule has 0 bridgehead atoms. The van der Waals surface area contributed by atoms with Crippen molar-refractivity contribution in [1.82, 2.24) is 9.21 Å². The standard InChI is InChI=1S/C18H20FN3O4S2/c1-21(2)18(24)27-14-8-6-13(7-9-14)20-17(23)12-5-10-15(19)16(11-12)28(25,26)22(3)4/h5-11H,1-4H3,(H,20,23). The molecule has 2 aromatic carbocycles. The van der Waals surface area contributed by atoms with Gasteiger partial charge in [-0.15, -0.1) is 0 Å². The maximum absolute atomic E-state index is 14.0. The van der Waals surface area contributed by atoms with Crippen molar-refractivity contribution in [2.75, 3.05) is 33.5 Å². The topological polar surface area (TPSA) is 86.8 Å². The molecule has 0 heterocycles. The maximum Gasteiger partial charge on any atom is 0.285 e. The third kappa shape index (κ3) is 5.09. The highest BCUT2D eigenvalue weighted by Gasteiger charge is 2.23. The lowest BCUT2D eigenvalue weighted by Crippen LogP contribution is -2.24. The van der Waals surface area contributed by atoms with Crippen LogP contribution in [0.15, 0.2) is 52.3 Å². The highest BCUT2D eigenvalue weighted by Crippen LogP contribution is 2.23. The molecule has 2 aromatic rings. The number of carbonyl (C=O) groups excluding carboxylic acids is 2. The number of amides is 2. The van der Waals surface area contributed by atoms with Crippen LogP contribution in [0.4, 0.5) is 14.9 Å². The van der Waals surface area contributed by atoms with Crippen LogP contribution in [0.1, 0.15) is 10.4 Å². The number of rotatable bonds is 5. The number of nitrogens with zero attached hydrogens (tertiary/aromatic N) is 2. The Balaban J connectivity index is 2.18. The van der Waals surface area contributed by atoms with Gasteiger partial charge in [-0.2, -0.15) is 0 Å². The van der Waals surface area contributed by atoms with E-state index in [0.717, 1.165) is 28.2 Å². The summed E-state index contributed by atoms with van der Waals surface area (Å²) in [5, 5.41) is 2.49. The van der Waals surface area contributed by atoms with Crippen LogP contribution in [0, 0.1) is 5.82 Å². The first kappa shape index (κ1) is 21.9. The second-order valence-corrected chi connectivity index (χ2v) is 9.32. The van der Waals surface area contributed by atoms with E-state index in [9.17, 15) is 22.4 Å². The summed E-state index contributed by atoms with van der Waals surface area (Å²) in [4.78, 5) is 25.7. The van der Waals surface area contributed by atoms with Gasteiger partial charge in [0.15, 0.2) is 0 Å². The van der Waals surface area contributed by atoms with E-state index in [0.29, 0.717) is 10.6 Å². The molecule has 0 atom stereocenters. The van der Waals surface area contributed by atoms with Gasteiger partial charge in [0.25, 0.3) is 11.1 Å². The lowest BCUT2D eigenvalue weighted by molar-refractivity contribution is 0.102. The monoisotopic (exact) mass is 425 g/mol. The Kier molecular flexibility index (Phi) is 6.81. The van der Waals surface area contributed by atoms with Gasteiger partial charge in [-0.1, -0.05) is 0 Å². The van der Waals surface area contributed by atoms with Gasteiger partial charge >= 0.3 is 0 Å². The van der Waals surface area contributed by atoms with Crippen LogP contribution in [0.2, 0.25) is 0 Å². The molecule has 7 nitrogen and oxygen atoms in total. The predicted molar refractivity (Wildman–Crippen MR) is 107 cm³/mol. The van der Waals surface area contributed by atoms with Crippen molar-refractivity contribution in [3.63, 3.8) is 0 Å². The number of sulfonamides is 1. The van der Waals surface area contributed by atoms with Crippen molar-refractivity contribution >= 4 is 38.6 Å². The first-order chi connectivity index (χ1) is 13.0. The molecule has 0 unspecified atom stereocenters. The van der Waals surface area contributed by atoms with Crippen LogP contribution < -0.4 is 5.32 Å². The molecule has 150 valence electrons. The first-order valence-electron chi connectivity index (χ1n) is 8.05. The van der Waals surface area contributed by atoms with Crippen molar-refractivity contribution in [1.29, 1.82) is 0 Å². The number of halogens is 1. The fourth-order valence-electron chi connectivity index (χ4n) is 2.04. The maximum atomic E-state index is 14.0. The van der Waals surface area contributed by atoms with Gasteiger partial charge in [0.1, 0.15) is 10.7 Å². The number of carbonyl (C=O) groups is 2. The quantitative estimate of drug-likeness (QED) is 0.744. The van der Waals surface area contributed by atoms with Crippen LogP contribution >= 0.6 is 11.8 Å². The minimum atomic E-state index is -4.02. The van der Waals surface area contributed by atoms with E-state index >= 15 is 0 Å².